The van der Waals surface area contributed by atoms with Gasteiger partial charge in [-0.1, -0.05) is 11.6 Å². The van der Waals surface area contributed by atoms with Gasteiger partial charge in [-0.05, 0) is 55.7 Å². The highest BCUT2D eigenvalue weighted by Gasteiger charge is 2.16. The van der Waals surface area contributed by atoms with Gasteiger partial charge in [-0.15, -0.1) is 0 Å². The van der Waals surface area contributed by atoms with Crippen LogP contribution >= 0.6 is 11.6 Å². The number of rotatable bonds is 3. The Balaban J connectivity index is 1.70. The maximum atomic E-state index is 5.95. The van der Waals surface area contributed by atoms with Gasteiger partial charge in [0, 0.05) is 10.6 Å². The number of piperidine rings is 1. The van der Waals surface area contributed by atoms with Crippen molar-refractivity contribution in [2.45, 2.75) is 25.8 Å². The van der Waals surface area contributed by atoms with E-state index in [0.29, 0.717) is 0 Å². The van der Waals surface area contributed by atoms with E-state index in [1.54, 1.807) is 4.90 Å². The van der Waals surface area contributed by atoms with Crippen molar-refractivity contribution in [3.05, 3.63) is 47.2 Å². The lowest BCUT2D eigenvalue weighted by atomic mass is 10.1. The first-order valence-electron chi connectivity index (χ1n) is 6.99. The first-order valence-corrected chi connectivity index (χ1v) is 7.37. The molecule has 0 bridgehead atoms. The first-order chi connectivity index (χ1) is 9.31. The van der Waals surface area contributed by atoms with Crippen molar-refractivity contribution in [2.24, 2.45) is 0 Å². The minimum Gasteiger partial charge on any atom is -0.455 e. The van der Waals surface area contributed by atoms with Crippen molar-refractivity contribution >= 4 is 11.6 Å². The Hall–Kier alpha value is -1.25. The summed E-state index contributed by atoms with van der Waals surface area (Å²) < 4.78 is 5.95. The smallest absolute Gasteiger partial charge is 0.158 e. The van der Waals surface area contributed by atoms with Gasteiger partial charge in [0.05, 0.1) is 13.1 Å². The predicted molar refractivity (Wildman–Crippen MR) is 77.4 cm³/mol. The highest BCUT2D eigenvalue weighted by Crippen LogP contribution is 2.23. The molecule has 0 aliphatic carbocycles. The van der Waals surface area contributed by atoms with E-state index in [4.69, 9.17) is 16.0 Å². The lowest BCUT2D eigenvalue weighted by Crippen LogP contribution is -3.11. The van der Waals surface area contributed by atoms with E-state index in [9.17, 15) is 0 Å². The molecular formula is C16H19ClNO+. The van der Waals surface area contributed by atoms with Crippen LogP contribution in [0, 0.1) is 0 Å². The molecule has 3 heteroatoms. The summed E-state index contributed by atoms with van der Waals surface area (Å²) >= 11 is 5.90. The minimum atomic E-state index is 0.758. The van der Waals surface area contributed by atoms with Gasteiger partial charge in [0.1, 0.15) is 12.3 Å². The van der Waals surface area contributed by atoms with Crippen LogP contribution in [0.1, 0.15) is 25.0 Å². The predicted octanol–water partition coefficient (Wildman–Crippen LogP) is 3.17. The lowest BCUT2D eigenvalue weighted by molar-refractivity contribution is -0.919. The van der Waals surface area contributed by atoms with Crippen LogP contribution in [-0.2, 0) is 6.54 Å². The molecule has 1 aliphatic rings. The maximum Gasteiger partial charge on any atom is 0.158 e. The number of likely N-dealkylation sites (tertiary alicyclic amines) is 1. The zero-order chi connectivity index (χ0) is 13.1. The third kappa shape index (κ3) is 3.20. The summed E-state index contributed by atoms with van der Waals surface area (Å²) in [5.74, 6) is 2.02. The lowest BCUT2D eigenvalue weighted by Gasteiger charge is -2.22. The summed E-state index contributed by atoms with van der Waals surface area (Å²) in [4.78, 5) is 1.64. The van der Waals surface area contributed by atoms with Gasteiger partial charge in [-0.2, -0.15) is 0 Å². The quantitative estimate of drug-likeness (QED) is 0.912. The van der Waals surface area contributed by atoms with Gasteiger partial charge in [-0.3, -0.25) is 0 Å². The Morgan fingerprint density at radius 2 is 1.68 bits per heavy atom. The monoisotopic (exact) mass is 276 g/mol. The molecule has 1 saturated heterocycles. The van der Waals surface area contributed by atoms with Gasteiger partial charge in [0.25, 0.3) is 0 Å². The van der Waals surface area contributed by atoms with Crippen LogP contribution in [0.2, 0.25) is 5.02 Å². The molecule has 0 radical (unpaired) electrons. The zero-order valence-corrected chi connectivity index (χ0v) is 11.7. The number of hydrogen-bond acceptors (Lipinski definition) is 1. The molecule has 0 unspecified atom stereocenters. The van der Waals surface area contributed by atoms with Crippen LogP contribution in [0.15, 0.2) is 40.8 Å². The second kappa shape index (κ2) is 5.81. The van der Waals surface area contributed by atoms with E-state index in [2.05, 4.69) is 12.1 Å². The molecule has 0 amide bonds. The minimum absolute atomic E-state index is 0.758. The Labute approximate surface area is 119 Å². The average Bonchev–Trinajstić information content (AvgIpc) is 2.89. The highest BCUT2D eigenvalue weighted by atomic mass is 35.5. The van der Waals surface area contributed by atoms with Gasteiger partial charge in [0.2, 0.25) is 0 Å². The topological polar surface area (TPSA) is 17.6 Å². The summed E-state index contributed by atoms with van der Waals surface area (Å²) in [7, 11) is 0. The van der Waals surface area contributed by atoms with Crippen LogP contribution < -0.4 is 4.90 Å². The number of benzene rings is 1. The normalized spacial score (nSPS) is 16.7. The zero-order valence-electron chi connectivity index (χ0n) is 11.0. The molecule has 19 heavy (non-hydrogen) atoms. The molecule has 2 aromatic rings. The highest BCUT2D eigenvalue weighted by molar-refractivity contribution is 6.30. The number of quaternary nitrogens is 1. The first kappa shape index (κ1) is 12.8. The standard InChI is InChI=1S/C16H18ClNO/c17-14-6-4-13(5-7-14)16-9-8-15(19-16)12-18-10-2-1-3-11-18/h4-9H,1-3,10-12H2/p+1. The summed E-state index contributed by atoms with van der Waals surface area (Å²) in [5, 5.41) is 0.758. The number of furan rings is 1. The molecule has 1 aromatic carbocycles. The molecule has 1 N–H and O–H groups in total. The van der Waals surface area contributed by atoms with Crippen molar-refractivity contribution in [1.82, 2.24) is 0 Å². The van der Waals surface area contributed by atoms with E-state index in [-0.39, 0.29) is 0 Å². The summed E-state index contributed by atoms with van der Waals surface area (Å²) in [5.41, 5.74) is 1.09. The van der Waals surface area contributed by atoms with Crippen molar-refractivity contribution in [1.29, 1.82) is 0 Å². The fourth-order valence-corrected chi connectivity index (χ4v) is 2.84. The summed E-state index contributed by atoms with van der Waals surface area (Å²) in [6.07, 6.45) is 4.08. The van der Waals surface area contributed by atoms with Crippen LogP contribution in [0.3, 0.4) is 0 Å². The van der Waals surface area contributed by atoms with Gasteiger partial charge in [-0.25, -0.2) is 0 Å². The van der Waals surface area contributed by atoms with Crippen molar-refractivity contribution in [3.8, 4) is 11.3 Å². The van der Waals surface area contributed by atoms with Crippen LogP contribution in [0.4, 0.5) is 0 Å². The summed E-state index contributed by atoms with van der Waals surface area (Å²) in [6, 6.07) is 12.0. The van der Waals surface area contributed by atoms with E-state index < -0.39 is 0 Å². The molecule has 3 rings (SSSR count). The second-order valence-corrected chi connectivity index (χ2v) is 5.70. The summed E-state index contributed by atoms with van der Waals surface area (Å²) in [6.45, 7) is 3.56. The molecule has 1 aliphatic heterocycles. The van der Waals surface area contributed by atoms with Crippen LogP contribution in [0.25, 0.3) is 11.3 Å². The Kier molecular flexibility index (Phi) is 3.90. The van der Waals surface area contributed by atoms with Crippen molar-refractivity contribution in [2.75, 3.05) is 13.1 Å². The fraction of sp³-hybridized carbons (Fsp3) is 0.375. The SMILES string of the molecule is Clc1ccc(-c2ccc(C[NH+]3CCCCC3)o2)cc1. The van der Waals surface area contributed by atoms with Gasteiger partial charge in [0.15, 0.2) is 5.76 Å². The van der Waals surface area contributed by atoms with Crippen molar-refractivity contribution < 1.29 is 9.32 Å². The van der Waals surface area contributed by atoms with Crippen LogP contribution in [-0.4, -0.2) is 13.1 Å². The van der Waals surface area contributed by atoms with Gasteiger partial charge >= 0.3 is 0 Å². The third-order valence-electron chi connectivity index (χ3n) is 3.78. The maximum absolute atomic E-state index is 5.95. The molecule has 0 atom stereocenters. The van der Waals surface area contributed by atoms with E-state index in [1.807, 2.05) is 24.3 Å². The molecule has 0 saturated carbocycles. The Morgan fingerprint density at radius 1 is 0.947 bits per heavy atom. The molecule has 1 fully saturated rings. The molecule has 2 heterocycles. The molecular weight excluding hydrogens is 258 g/mol. The number of halogens is 1. The third-order valence-corrected chi connectivity index (χ3v) is 4.03. The molecule has 2 nitrogen and oxygen atoms in total. The Bertz CT molecular complexity index is 526. The molecule has 100 valence electrons. The Morgan fingerprint density at radius 3 is 2.42 bits per heavy atom. The number of hydrogen-bond donors (Lipinski definition) is 1. The van der Waals surface area contributed by atoms with Gasteiger partial charge < -0.3 is 9.32 Å². The van der Waals surface area contributed by atoms with E-state index in [0.717, 1.165) is 28.7 Å². The van der Waals surface area contributed by atoms with E-state index in [1.165, 1.54) is 32.4 Å². The second-order valence-electron chi connectivity index (χ2n) is 5.26. The van der Waals surface area contributed by atoms with Crippen molar-refractivity contribution in [3.63, 3.8) is 0 Å². The average molecular weight is 277 g/mol. The van der Waals surface area contributed by atoms with E-state index >= 15 is 0 Å². The van der Waals surface area contributed by atoms with Crippen LogP contribution in [0.5, 0.6) is 0 Å². The largest absolute Gasteiger partial charge is 0.455 e. The molecule has 0 spiro atoms. The number of nitrogens with one attached hydrogen (secondary N) is 1. The fourth-order valence-electron chi connectivity index (χ4n) is 2.72. The molecule has 1 aromatic heterocycles.